The number of nitrogens with two attached hydrogens (primary N) is 1. The second-order valence-electron chi connectivity index (χ2n) is 5.31. The third kappa shape index (κ3) is 1.71. The fraction of sp³-hybridized carbons (Fsp3) is 0.312. The summed E-state index contributed by atoms with van der Waals surface area (Å²) in [7, 11) is 0. The zero-order chi connectivity index (χ0) is 13.7. The van der Waals surface area contributed by atoms with E-state index in [1.54, 1.807) is 22.7 Å². The molecule has 102 valence electrons. The lowest BCUT2D eigenvalue weighted by molar-refractivity contribution is 0.657. The molecule has 0 saturated carbocycles. The number of aromatic nitrogens is 1. The van der Waals surface area contributed by atoms with E-state index >= 15 is 0 Å². The molecule has 2 aromatic heterocycles. The van der Waals surface area contributed by atoms with Crippen molar-refractivity contribution in [1.29, 1.82) is 0 Å². The number of anilines is 1. The average Bonchev–Trinajstić information content (AvgIpc) is 3.10. The minimum Gasteiger partial charge on any atom is -0.390 e. The number of para-hydroxylation sites is 1. The predicted octanol–water partition coefficient (Wildman–Crippen LogP) is 5.05. The van der Waals surface area contributed by atoms with Crippen LogP contribution in [0.1, 0.15) is 36.1 Å². The fourth-order valence-corrected chi connectivity index (χ4v) is 5.46. The topological polar surface area (TPSA) is 38.9 Å². The predicted molar refractivity (Wildman–Crippen MR) is 88.7 cm³/mol. The van der Waals surface area contributed by atoms with E-state index in [0.717, 1.165) is 15.5 Å². The molecule has 1 aliphatic rings. The molecule has 0 aliphatic heterocycles. The Morgan fingerprint density at radius 3 is 2.95 bits per heavy atom. The molecule has 2 N–H and O–H groups in total. The van der Waals surface area contributed by atoms with Crippen molar-refractivity contribution in [3.05, 3.63) is 34.7 Å². The molecule has 4 rings (SSSR count). The Labute approximate surface area is 126 Å². The van der Waals surface area contributed by atoms with Gasteiger partial charge in [-0.1, -0.05) is 19.1 Å². The molecule has 1 aromatic carbocycles. The summed E-state index contributed by atoms with van der Waals surface area (Å²) in [6.07, 6.45) is 3.66. The summed E-state index contributed by atoms with van der Waals surface area (Å²) >= 11 is 3.54. The molecular formula is C16H16N2S2. The van der Waals surface area contributed by atoms with Gasteiger partial charge in [-0.15, -0.1) is 22.7 Å². The molecule has 1 unspecified atom stereocenters. The van der Waals surface area contributed by atoms with Crippen LogP contribution >= 0.6 is 22.7 Å². The monoisotopic (exact) mass is 300 g/mol. The number of nitrogens with zero attached hydrogens (tertiary/aromatic N) is 1. The van der Waals surface area contributed by atoms with Gasteiger partial charge >= 0.3 is 0 Å². The van der Waals surface area contributed by atoms with E-state index in [-0.39, 0.29) is 0 Å². The van der Waals surface area contributed by atoms with Gasteiger partial charge in [-0.2, -0.15) is 0 Å². The molecule has 20 heavy (non-hydrogen) atoms. The van der Waals surface area contributed by atoms with Gasteiger partial charge in [-0.3, -0.25) is 0 Å². The van der Waals surface area contributed by atoms with Crippen molar-refractivity contribution in [3.8, 4) is 10.6 Å². The molecule has 0 spiro atoms. The normalized spacial score (nSPS) is 17.8. The first-order chi connectivity index (χ1) is 9.78. The van der Waals surface area contributed by atoms with E-state index in [4.69, 9.17) is 10.7 Å². The summed E-state index contributed by atoms with van der Waals surface area (Å²) in [4.78, 5) is 6.30. The maximum absolute atomic E-state index is 6.31. The van der Waals surface area contributed by atoms with Gasteiger partial charge in [0.1, 0.15) is 5.01 Å². The van der Waals surface area contributed by atoms with Gasteiger partial charge in [0.15, 0.2) is 0 Å². The first-order valence-corrected chi connectivity index (χ1v) is 8.68. The molecule has 4 heteroatoms. The highest BCUT2D eigenvalue weighted by Gasteiger charge is 2.30. The van der Waals surface area contributed by atoms with Gasteiger partial charge in [0, 0.05) is 10.4 Å². The molecule has 3 aromatic rings. The lowest BCUT2D eigenvalue weighted by atomic mass is 9.97. The molecule has 0 radical (unpaired) electrons. The Hall–Kier alpha value is -1.39. The van der Waals surface area contributed by atoms with E-state index in [0.29, 0.717) is 5.92 Å². The Bertz CT molecular complexity index is 752. The maximum Gasteiger partial charge on any atom is 0.127 e. The Morgan fingerprint density at radius 2 is 2.15 bits per heavy atom. The van der Waals surface area contributed by atoms with E-state index in [9.17, 15) is 0 Å². The Morgan fingerprint density at radius 1 is 1.30 bits per heavy atom. The van der Waals surface area contributed by atoms with Gasteiger partial charge in [0.05, 0.1) is 15.2 Å². The van der Waals surface area contributed by atoms with Crippen molar-refractivity contribution in [2.45, 2.75) is 32.1 Å². The number of aryl methyl sites for hydroxylation is 1. The number of thiazole rings is 1. The SMILES string of the molecule is CCC1CCc2sc(N)c(-c3nc4ccccc4s3)c21. The third-order valence-electron chi connectivity index (χ3n) is 4.18. The second-order valence-corrected chi connectivity index (χ2v) is 7.48. The van der Waals surface area contributed by atoms with Crippen LogP contribution in [-0.2, 0) is 6.42 Å². The average molecular weight is 300 g/mol. The second kappa shape index (κ2) is 4.57. The Kier molecular flexibility index (Phi) is 2.82. The van der Waals surface area contributed by atoms with Gasteiger partial charge in [-0.25, -0.2) is 4.98 Å². The van der Waals surface area contributed by atoms with Crippen LogP contribution in [0.5, 0.6) is 0 Å². The summed E-state index contributed by atoms with van der Waals surface area (Å²) in [6.45, 7) is 2.27. The number of hydrogen-bond donors (Lipinski definition) is 1. The molecule has 0 fully saturated rings. The molecule has 0 bridgehead atoms. The fourth-order valence-electron chi connectivity index (χ4n) is 3.19. The highest BCUT2D eigenvalue weighted by Crippen LogP contribution is 2.50. The van der Waals surface area contributed by atoms with Crippen molar-refractivity contribution >= 4 is 37.9 Å². The lowest BCUT2D eigenvalue weighted by Gasteiger charge is -2.09. The van der Waals surface area contributed by atoms with Crippen LogP contribution in [0.2, 0.25) is 0 Å². The van der Waals surface area contributed by atoms with E-state index in [1.807, 2.05) is 6.07 Å². The molecule has 1 aliphatic carbocycles. The first kappa shape index (κ1) is 12.4. The zero-order valence-electron chi connectivity index (χ0n) is 11.3. The van der Waals surface area contributed by atoms with Crippen molar-refractivity contribution < 1.29 is 0 Å². The number of thiophene rings is 1. The van der Waals surface area contributed by atoms with Crippen LogP contribution in [0.3, 0.4) is 0 Å². The van der Waals surface area contributed by atoms with Crippen LogP contribution in [0, 0.1) is 0 Å². The van der Waals surface area contributed by atoms with Gasteiger partial charge in [0.25, 0.3) is 0 Å². The van der Waals surface area contributed by atoms with Gasteiger partial charge in [-0.05, 0) is 42.9 Å². The minimum absolute atomic E-state index is 0.667. The summed E-state index contributed by atoms with van der Waals surface area (Å²) in [5, 5.41) is 2.05. The highest BCUT2D eigenvalue weighted by atomic mass is 32.1. The van der Waals surface area contributed by atoms with Crippen LogP contribution < -0.4 is 5.73 Å². The van der Waals surface area contributed by atoms with E-state index in [1.165, 1.54) is 40.0 Å². The molecular weight excluding hydrogens is 284 g/mol. The third-order valence-corrected chi connectivity index (χ3v) is 6.33. The van der Waals surface area contributed by atoms with Crippen LogP contribution in [0.4, 0.5) is 5.00 Å². The maximum atomic E-state index is 6.31. The highest BCUT2D eigenvalue weighted by molar-refractivity contribution is 7.22. The number of nitrogen functional groups attached to an aromatic ring is 1. The number of rotatable bonds is 2. The standard InChI is InChI=1S/C16H16N2S2/c1-2-9-7-8-12-13(9)14(15(17)19-12)16-18-10-5-3-4-6-11(10)20-16/h3-6,9H,2,7-8,17H2,1H3. The van der Waals surface area contributed by atoms with Crippen molar-refractivity contribution in [2.24, 2.45) is 0 Å². The zero-order valence-corrected chi connectivity index (χ0v) is 13.0. The number of hydrogen-bond acceptors (Lipinski definition) is 4. The molecule has 1 atom stereocenters. The smallest absolute Gasteiger partial charge is 0.127 e. The lowest BCUT2D eigenvalue weighted by Crippen LogP contribution is -1.94. The van der Waals surface area contributed by atoms with Crippen molar-refractivity contribution in [2.75, 3.05) is 5.73 Å². The molecule has 0 saturated heterocycles. The Balaban J connectivity index is 1.94. The van der Waals surface area contributed by atoms with Gasteiger partial charge < -0.3 is 5.73 Å². The number of fused-ring (bicyclic) bond motifs is 2. The van der Waals surface area contributed by atoms with Gasteiger partial charge in [0.2, 0.25) is 0 Å². The first-order valence-electron chi connectivity index (χ1n) is 7.05. The summed E-state index contributed by atoms with van der Waals surface area (Å²) in [5.74, 6) is 0.667. The minimum atomic E-state index is 0.667. The molecule has 0 amide bonds. The summed E-state index contributed by atoms with van der Waals surface area (Å²) in [6, 6.07) is 8.33. The summed E-state index contributed by atoms with van der Waals surface area (Å²) in [5.41, 5.74) is 10.1. The molecule has 2 heterocycles. The van der Waals surface area contributed by atoms with E-state index < -0.39 is 0 Å². The quantitative estimate of drug-likeness (QED) is 0.719. The van der Waals surface area contributed by atoms with Crippen molar-refractivity contribution in [3.63, 3.8) is 0 Å². The van der Waals surface area contributed by atoms with Crippen LogP contribution in [0.15, 0.2) is 24.3 Å². The van der Waals surface area contributed by atoms with Crippen LogP contribution in [0.25, 0.3) is 20.8 Å². The summed E-state index contributed by atoms with van der Waals surface area (Å²) < 4.78 is 1.24. The largest absolute Gasteiger partial charge is 0.390 e. The van der Waals surface area contributed by atoms with E-state index in [2.05, 4.69) is 25.1 Å². The van der Waals surface area contributed by atoms with Crippen LogP contribution in [-0.4, -0.2) is 4.98 Å². The number of benzene rings is 1. The molecule has 2 nitrogen and oxygen atoms in total. The van der Waals surface area contributed by atoms with Crippen molar-refractivity contribution in [1.82, 2.24) is 4.98 Å².